The molecule has 1 aromatic rings. The first kappa shape index (κ1) is 21.0. The van der Waals surface area contributed by atoms with E-state index in [1.54, 1.807) is 4.90 Å². The minimum atomic E-state index is -3.16. The minimum Gasteiger partial charge on any atom is -0.308 e. The van der Waals surface area contributed by atoms with Gasteiger partial charge in [-0.15, -0.1) is 0 Å². The van der Waals surface area contributed by atoms with Gasteiger partial charge in [0.1, 0.15) is 4.32 Å². The molecule has 1 unspecified atom stereocenters. The molecule has 10 heteroatoms. The Bertz CT molecular complexity index is 1070. The molecule has 29 heavy (non-hydrogen) atoms. The van der Waals surface area contributed by atoms with Crippen molar-refractivity contribution >= 4 is 77.1 Å². The summed E-state index contributed by atoms with van der Waals surface area (Å²) in [6, 6.07) is 5.15. The summed E-state index contributed by atoms with van der Waals surface area (Å²) in [6.07, 6.45) is 2.18. The number of thioether (sulfide) groups is 1. The summed E-state index contributed by atoms with van der Waals surface area (Å²) >= 11 is 9.96. The standard InChI is InChI=1S/C19H19BrN2O4S3/c1-2-3-7-21-14-5-4-11(20)9-13(14)15(17(21)23)16-18(24)22(19(27)28-16)12-6-8-29(25,26)10-12/h4-5,9,12H,2-3,6-8,10H2,1H3/b16-15-. The van der Waals surface area contributed by atoms with Crippen LogP contribution in [0.1, 0.15) is 31.7 Å². The predicted octanol–water partition coefficient (Wildman–Crippen LogP) is 3.35. The van der Waals surface area contributed by atoms with Crippen LogP contribution in [0.4, 0.5) is 5.69 Å². The van der Waals surface area contributed by atoms with Gasteiger partial charge in [0.05, 0.1) is 33.7 Å². The molecule has 3 heterocycles. The second kappa shape index (κ2) is 7.79. The van der Waals surface area contributed by atoms with Crippen molar-refractivity contribution in [3.63, 3.8) is 0 Å². The van der Waals surface area contributed by atoms with E-state index in [4.69, 9.17) is 12.2 Å². The molecule has 3 aliphatic heterocycles. The summed E-state index contributed by atoms with van der Waals surface area (Å²) in [5, 5.41) is 0. The van der Waals surface area contributed by atoms with E-state index in [1.165, 1.54) is 4.90 Å². The molecule has 0 aromatic heterocycles. The third kappa shape index (κ3) is 3.68. The number of unbranched alkanes of at least 4 members (excludes halogenated alkanes) is 1. The number of nitrogens with zero attached hydrogens (tertiary/aromatic N) is 2. The van der Waals surface area contributed by atoms with Crippen LogP contribution in [0.25, 0.3) is 5.57 Å². The van der Waals surface area contributed by atoms with Crippen LogP contribution in [-0.4, -0.2) is 53.5 Å². The SMILES string of the molecule is CCCCN1C(=O)/C(=C2\SC(=S)N(C3CCS(=O)(=O)C3)C2=O)c2cc(Br)ccc21. The highest BCUT2D eigenvalue weighted by molar-refractivity contribution is 9.10. The van der Waals surface area contributed by atoms with E-state index in [0.29, 0.717) is 33.3 Å². The van der Waals surface area contributed by atoms with Crippen LogP contribution >= 0.6 is 39.9 Å². The average molecular weight is 515 g/mol. The van der Waals surface area contributed by atoms with Gasteiger partial charge < -0.3 is 4.90 Å². The Labute approximate surface area is 187 Å². The number of benzene rings is 1. The molecule has 0 spiro atoms. The summed E-state index contributed by atoms with van der Waals surface area (Å²) in [7, 11) is -3.16. The summed E-state index contributed by atoms with van der Waals surface area (Å²) in [6.45, 7) is 2.64. The summed E-state index contributed by atoms with van der Waals surface area (Å²) < 4.78 is 24.9. The van der Waals surface area contributed by atoms with Crippen molar-refractivity contribution in [1.29, 1.82) is 0 Å². The molecule has 154 valence electrons. The number of thiocarbonyl (C=S) groups is 1. The van der Waals surface area contributed by atoms with Crippen molar-refractivity contribution in [2.45, 2.75) is 32.2 Å². The Morgan fingerprint density at radius 1 is 1.28 bits per heavy atom. The van der Waals surface area contributed by atoms with Crippen LogP contribution < -0.4 is 4.90 Å². The molecule has 3 aliphatic rings. The lowest BCUT2D eigenvalue weighted by Gasteiger charge is -2.21. The number of sulfone groups is 1. The van der Waals surface area contributed by atoms with Crippen molar-refractivity contribution < 1.29 is 18.0 Å². The monoisotopic (exact) mass is 514 g/mol. The van der Waals surface area contributed by atoms with E-state index >= 15 is 0 Å². The quantitative estimate of drug-likeness (QED) is 0.453. The maximum Gasteiger partial charge on any atom is 0.267 e. The zero-order chi connectivity index (χ0) is 20.9. The molecule has 6 nitrogen and oxygen atoms in total. The van der Waals surface area contributed by atoms with E-state index < -0.39 is 15.9 Å². The fraction of sp³-hybridized carbons (Fsp3) is 0.421. The Balaban J connectivity index is 1.77. The van der Waals surface area contributed by atoms with Crippen LogP contribution in [0.5, 0.6) is 0 Å². The van der Waals surface area contributed by atoms with E-state index in [2.05, 4.69) is 22.9 Å². The molecule has 1 atom stereocenters. The molecule has 1 aromatic carbocycles. The Morgan fingerprint density at radius 3 is 2.69 bits per heavy atom. The van der Waals surface area contributed by atoms with Crippen molar-refractivity contribution in [3.05, 3.63) is 33.1 Å². The first-order chi connectivity index (χ1) is 13.7. The van der Waals surface area contributed by atoms with Crippen molar-refractivity contribution in [2.24, 2.45) is 0 Å². The van der Waals surface area contributed by atoms with Gasteiger partial charge in [-0.3, -0.25) is 14.5 Å². The lowest BCUT2D eigenvalue weighted by Crippen LogP contribution is -2.39. The molecule has 2 fully saturated rings. The first-order valence-electron chi connectivity index (χ1n) is 9.35. The molecule has 0 radical (unpaired) electrons. The van der Waals surface area contributed by atoms with Crippen molar-refractivity contribution in [1.82, 2.24) is 4.90 Å². The van der Waals surface area contributed by atoms with Gasteiger partial charge in [0, 0.05) is 16.6 Å². The largest absolute Gasteiger partial charge is 0.308 e. The van der Waals surface area contributed by atoms with Gasteiger partial charge in [-0.1, -0.05) is 53.3 Å². The second-order valence-electron chi connectivity index (χ2n) is 7.28. The zero-order valence-corrected chi connectivity index (χ0v) is 19.7. The van der Waals surface area contributed by atoms with Gasteiger partial charge in [-0.25, -0.2) is 8.42 Å². The van der Waals surface area contributed by atoms with Crippen LogP contribution in [0.15, 0.2) is 27.6 Å². The number of fused-ring (bicyclic) bond motifs is 1. The predicted molar refractivity (Wildman–Crippen MR) is 122 cm³/mol. The molecule has 2 saturated heterocycles. The van der Waals surface area contributed by atoms with E-state index in [-0.39, 0.29) is 23.3 Å². The molecule has 0 aliphatic carbocycles. The molecular formula is C19H19BrN2O4S3. The fourth-order valence-electron chi connectivity index (χ4n) is 3.89. The summed E-state index contributed by atoms with van der Waals surface area (Å²) in [4.78, 5) is 29.9. The maximum absolute atomic E-state index is 13.3. The van der Waals surface area contributed by atoms with Gasteiger partial charge >= 0.3 is 0 Å². The Morgan fingerprint density at radius 2 is 2.03 bits per heavy atom. The van der Waals surface area contributed by atoms with Gasteiger partial charge in [0.2, 0.25) is 0 Å². The van der Waals surface area contributed by atoms with Crippen LogP contribution in [0.3, 0.4) is 0 Å². The van der Waals surface area contributed by atoms with Gasteiger partial charge in [-0.2, -0.15) is 0 Å². The van der Waals surface area contributed by atoms with Gasteiger partial charge in [0.25, 0.3) is 11.8 Å². The normalized spacial score (nSPS) is 26.0. The lowest BCUT2D eigenvalue weighted by atomic mass is 10.1. The van der Waals surface area contributed by atoms with Gasteiger partial charge in [-0.05, 0) is 31.0 Å². The number of rotatable bonds is 4. The third-order valence-corrected chi connectivity index (χ3v) is 8.96. The Hall–Kier alpha value is -1.23. The number of hydrogen-bond donors (Lipinski definition) is 0. The molecule has 2 amide bonds. The Kier molecular flexibility index (Phi) is 5.65. The second-order valence-corrected chi connectivity index (χ2v) is 12.1. The fourth-order valence-corrected chi connectivity index (χ4v) is 7.42. The van der Waals surface area contributed by atoms with E-state index in [1.807, 2.05) is 18.2 Å². The van der Waals surface area contributed by atoms with Crippen molar-refractivity contribution in [3.8, 4) is 0 Å². The third-order valence-electron chi connectivity index (χ3n) is 5.31. The van der Waals surface area contributed by atoms with Gasteiger partial charge in [0.15, 0.2) is 9.84 Å². The van der Waals surface area contributed by atoms with E-state index in [9.17, 15) is 18.0 Å². The minimum absolute atomic E-state index is 0.0557. The molecule has 0 bridgehead atoms. The summed E-state index contributed by atoms with van der Waals surface area (Å²) in [5.41, 5.74) is 1.86. The first-order valence-corrected chi connectivity index (χ1v) is 13.2. The molecule has 0 N–H and O–H groups in total. The number of amides is 2. The summed E-state index contributed by atoms with van der Waals surface area (Å²) in [5.74, 6) is -0.597. The maximum atomic E-state index is 13.3. The molecule has 0 saturated carbocycles. The molecule has 4 rings (SSSR count). The zero-order valence-electron chi connectivity index (χ0n) is 15.7. The number of carbonyl (C=O) groups excluding carboxylic acids is 2. The smallest absolute Gasteiger partial charge is 0.267 e. The van der Waals surface area contributed by atoms with E-state index in [0.717, 1.165) is 34.8 Å². The highest BCUT2D eigenvalue weighted by atomic mass is 79.9. The molecular weight excluding hydrogens is 496 g/mol. The number of hydrogen-bond acceptors (Lipinski definition) is 6. The van der Waals surface area contributed by atoms with Crippen LogP contribution in [0.2, 0.25) is 0 Å². The van der Waals surface area contributed by atoms with Crippen molar-refractivity contribution in [2.75, 3.05) is 23.0 Å². The lowest BCUT2D eigenvalue weighted by molar-refractivity contribution is -0.123. The van der Waals surface area contributed by atoms with Crippen LogP contribution in [0, 0.1) is 0 Å². The topological polar surface area (TPSA) is 74.8 Å². The number of carbonyl (C=O) groups is 2. The van der Waals surface area contributed by atoms with Crippen LogP contribution in [-0.2, 0) is 19.4 Å². The number of halogens is 1. The number of anilines is 1. The highest BCUT2D eigenvalue weighted by Gasteiger charge is 2.46. The highest BCUT2D eigenvalue weighted by Crippen LogP contribution is 2.46. The average Bonchev–Trinajstić information content (AvgIpc) is 3.24.